The predicted molar refractivity (Wildman–Crippen MR) is 96.8 cm³/mol. The average molecular weight is 326 g/mol. The van der Waals surface area contributed by atoms with E-state index in [1.165, 1.54) is 0 Å². The fourth-order valence-electron chi connectivity index (χ4n) is 2.97. The smallest absolute Gasteiger partial charge is 0.318 e. The van der Waals surface area contributed by atoms with Crippen molar-refractivity contribution in [2.45, 2.75) is 17.7 Å². The lowest BCUT2D eigenvalue weighted by atomic mass is 9.99. The Kier molecular flexibility index (Phi) is 5.23. The first kappa shape index (κ1) is 15.9. The first-order valence-corrected chi connectivity index (χ1v) is 9.25. The third kappa shape index (κ3) is 3.88. The highest BCUT2D eigenvalue weighted by molar-refractivity contribution is 7.99. The fourth-order valence-corrected chi connectivity index (χ4v) is 3.64. The summed E-state index contributed by atoms with van der Waals surface area (Å²) in [6.45, 7) is 1.68. The summed E-state index contributed by atoms with van der Waals surface area (Å²) >= 11 is 1.84. The molecule has 3 rings (SSSR count). The Bertz CT molecular complexity index is 593. The van der Waals surface area contributed by atoms with E-state index in [0.29, 0.717) is 5.25 Å². The van der Waals surface area contributed by atoms with Gasteiger partial charge in [0.25, 0.3) is 0 Å². The minimum atomic E-state index is -0.113. The highest BCUT2D eigenvalue weighted by Crippen LogP contribution is 2.24. The van der Waals surface area contributed by atoms with Crippen LogP contribution in [0.2, 0.25) is 0 Å². The maximum Gasteiger partial charge on any atom is 0.318 e. The SMILES string of the molecule is CS[C@@H]1CCN(C(=O)NC(c2ccccc2)c2ccccc2)C1. The Hall–Kier alpha value is -1.94. The highest BCUT2D eigenvalue weighted by atomic mass is 32.2. The number of hydrogen-bond acceptors (Lipinski definition) is 2. The molecule has 1 aliphatic heterocycles. The minimum Gasteiger partial charge on any atom is -0.327 e. The molecule has 0 aromatic heterocycles. The quantitative estimate of drug-likeness (QED) is 0.923. The molecule has 3 nitrogen and oxygen atoms in total. The van der Waals surface area contributed by atoms with Crippen LogP contribution < -0.4 is 5.32 Å². The summed E-state index contributed by atoms with van der Waals surface area (Å²) in [5.41, 5.74) is 2.21. The molecule has 120 valence electrons. The number of rotatable bonds is 4. The first-order valence-electron chi connectivity index (χ1n) is 7.96. The summed E-state index contributed by atoms with van der Waals surface area (Å²) < 4.78 is 0. The largest absolute Gasteiger partial charge is 0.327 e. The van der Waals surface area contributed by atoms with E-state index in [1.54, 1.807) is 0 Å². The molecule has 1 atom stereocenters. The van der Waals surface area contributed by atoms with Gasteiger partial charge in [-0.15, -0.1) is 0 Å². The van der Waals surface area contributed by atoms with Crippen molar-refractivity contribution in [3.63, 3.8) is 0 Å². The molecule has 2 aromatic rings. The van der Waals surface area contributed by atoms with Crippen LogP contribution in [0.1, 0.15) is 23.6 Å². The van der Waals surface area contributed by atoms with E-state index in [4.69, 9.17) is 0 Å². The van der Waals surface area contributed by atoms with Gasteiger partial charge >= 0.3 is 6.03 Å². The summed E-state index contributed by atoms with van der Waals surface area (Å²) in [5, 5.41) is 3.78. The number of thioether (sulfide) groups is 1. The zero-order chi connectivity index (χ0) is 16.1. The van der Waals surface area contributed by atoms with Crippen molar-refractivity contribution in [2.75, 3.05) is 19.3 Å². The first-order chi connectivity index (χ1) is 11.3. The molecule has 0 unspecified atom stereocenters. The van der Waals surface area contributed by atoms with Crippen molar-refractivity contribution < 1.29 is 4.79 Å². The molecule has 2 amide bonds. The number of benzene rings is 2. The van der Waals surface area contributed by atoms with E-state index in [-0.39, 0.29) is 12.1 Å². The van der Waals surface area contributed by atoms with Gasteiger partial charge in [-0.05, 0) is 23.8 Å². The van der Waals surface area contributed by atoms with E-state index in [2.05, 4.69) is 35.8 Å². The molecule has 1 fully saturated rings. The lowest BCUT2D eigenvalue weighted by molar-refractivity contribution is 0.206. The van der Waals surface area contributed by atoms with Crippen LogP contribution in [-0.4, -0.2) is 35.5 Å². The number of hydrogen-bond donors (Lipinski definition) is 1. The molecule has 0 spiro atoms. The second-order valence-electron chi connectivity index (χ2n) is 5.80. The maximum atomic E-state index is 12.7. The van der Waals surface area contributed by atoms with Crippen molar-refractivity contribution in [1.29, 1.82) is 0 Å². The number of likely N-dealkylation sites (tertiary alicyclic amines) is 1. The van der Waals surface area contributed by atoms with Gasteiger partial charge in [0.05, 0.1) is 6.04 Å². The molecular weight excluding hydrogens is 304 g/mol. The molecule has 2 aromatic carbocycles. The Labute approximate surface area is 142 Å². The number of carbonyl (C=O) groups excluding carboxylic acids is 1. The van der Waals surface area contributed by atoms with Crippen LogP contribution in [0.5, 0.6) is 0 Å². The highest BCUT2D eigenvalue weighted by Gasteiger charge is 2.27. The molecule has 1 heterocycles. The average Bonchev–Trinajstić information content (AvgIpc) is 3.10. The van der Waals surface area contributed by atoms with Crippen molar-refractivity contribution >= 4 is 17.8 Å². The van der Waals surface area contributed by atoms with E-state index in [1.807, 2.05) is 53.1 Å². The topological polar surface area (TPSA) is 32.3 Å². The van der Waals surface area contributed by atoms with Gasteiger partial charge in [0.15, 0.2) is 0 Å². The normalized spacial score (nSPS) is 17.5. The molecule has 1 aliphatic rings. The molecule has 0 saturated carbocycles. The summed E-state index contributed by atoms with van der Waals surface area (Å²) in [4.78, 5) is 14.6. The predicted octanol–water partition coefficient (Wildman–Crippen LogP) is 3.92. The number of nitrogens with one attached hydrogen (secondary N) is 1. The Morgan fingerprint density at radius 3 is 2.13 bits per heavy atom. The molecule has 0 radical (unpaired) electrons. The fraction of sp³-hybridized carbons (Fsp3) is 0.316. The zero-order valence-corrected chi connectivity index (χ0v) is 14.1. The third-order valence-electron chi connectivity index (χ3n) is 4.30. The second-order valence-corrected chi connectivity index (χ2v) is 6.93. The number of amides is 2. The van der Waals surface area contributed by atoms with Crippen LogP contribution in [0.3, 0.4) is 0 Å². The number of urea groups is 1. The summed E-state index contributed by atoms with van der Waals surface area (Å²) in [6, 6.07) is 20.2. The molecule has 23 heavy (non-hydrogen) atoms. The summed E-state index contributed by atoms with van der Waals surface area (Å²) in [6.07, 6.45) is 3.19. The van der Waals surface area contributed by atoms with Gasteiger partial charge in [0.1, 0.15) is 0 Å². The van der Waals surface area contributed by atoms with Gasteiger partial charge in [-0.2, -0.15) is 11.8 Å². The Morgan fingerprint density at radius 1 is 1.09 bits per heavy atom. The third-order valence-corrected chi connectivity index (χ3v) is 5.35. The van der Waals surface area contributed by atoms with Gasteiger partial charge in [-0.3, -0.25) is 0 Å². The second kappa shape index (κ2) is 7.55. The molecular formula is C19H22N2OS. The van der Waals surface area contributed by atoms with E-state index >= 15 is 0 Å². The number of carbonyl (C=O) groups is 1. The maximum absolute atomic E-state index is 12.7. The minimum absolute atomic E-state index is 0.0271. The lowest BCUT2D eigenvalue weighted by Crippen LogP contribution is -2.40. The van der Waals surface area contributed by atoms with Gasteiger partial charge in [-0.1, -0.05) is 60.7 Å². The van der Waals surface area contributed by atoms with E-state index in [0.717, 1.165) is 30.6 Å². The van der Waals surface area contributed by atoms with Crippen LogP contribution in [0.25, 0.3) is 0 Å². The van der Waals surface area contributed by atoms with Gasteiger partial charge in [0.2, 0.25) is 0 Å². The van der Waals surface area contributed by atoms with Crippen LogP contribution in [-0.2, 0) is 0 Å². The van der Waals surface area contributed by atoms with Gasteiger partial charge in [0, 0.05) is 18.3 Å². The van der Waals surface area contributed by atoms with Crippen LogP contribution in [0.4, 0.5) is 4.79 Å². The van der Waals surface area contributed by atoms with Crippen molar-refractivity contribution in [2.24, 2.45) is 0 Å². The zero-order valence-electron chi connectivity index (χ0n) is 13.3. The summed E-state index contributed by atoms with van der Waals surface area (Å²) in [5.74, 6) is 0. The molecule has 4 heteroatoms. The van der Waals surface area contributed by atoms with Gasteiger partial charge in [-0.25, -0.2) is 4.79 Å². The van der Waals surface area contributed by atoms with Crippen molar-refractivity contribution in [3.05, 3.63) is 71.8 Å². The number of nitrogens with zero attached hydrogens (tertiary/aromatic N) is 1. The molecule has 0 aliphatic carbocycles. The van der Waals surface area contributed by atoms with Crippen molar-refractivity contribution in [1.82, 2.24) is 10.2 Å². The van der Waals surface area contributed by atoms with Gasteiger partial charge < -0.3 is 10.2 Å². The van der Waals surface area contributed by atoms with Crippen LogP contribution >= 0.6 is 11.8 Å². The lowest BCUT2D eigenvalue weighted by Gasteiger charge is -2.24. The van der Waals surface area contributed by atoms with Crippen LogP contribution in [0.15, 0.2) is 60.7 Å². The summed E-state index contributed by atoms with van der Waals surface area (Å²) in [7, 11) is 0. The molecule has 1 N–H and O–H groups in total. The Balaban J connectivity index is 1.78. The van der Waals surface area contributed by atoms with Crippen molar-refractivity contribution in [3.8, 4) is 0 Å². The van der Waals surface area contributed by atoms with E-state index < -0.39 is 0 Å². The van der Waals surface area contributed by atoms with E-state index in [9.17, 15) is 4.79 Å². The van der Waals surface area contributed by atoms with Crippen LogP contribution in [0, 0.1) is 0 Å². The monoisotopic (exact) mass is 326 g/mol. The standard InChI is InChI=1S/C19H22N2OS/c1-23-17-12-13-21(14-17)19(22)20-18(15-8-4-2-5-9-15)16-10-6-3-7-11-16/h2-11,17-18H,12-14H2,1H3,(H,20,22)/t17-/m1/s1. The molecule has 1 saturated heterocycles. The Morgan fingerprint density at radius 2 is 1.65 bits per heavy atom. The molecule has 0 bridgehead atoms.